The molecule has 0 radical (unpaired) electrons. The maximum atomic E-state index is 13.5. The van der Waals surface area contributed by atoms with E-state index in [4.69, 9.17) is 32.7 Å². The van der Waals surface area contributed by atoms with Gasteiger partial charge in [0.15, 0.2) is 5.69 Å². The molecule has 37 heavy (non-hydrogen) atoms. The van der Waals surface area contributed by atoms with E-state index in [1.54, 1.807) is 24.3 Å². The van der Waals surface area contributed by atoms with Crippen molar-refractivity contribution in [3.63, 3.8) is 0 Å². The maximum absolute atomic E-state index is 13.5. The summed E-state index contributed by atoms with van der Waals surface area (Å²) in [6.07, 6.45) is 2.40. The lowest BCUT2D eigenvalue weighted by molar-refractivity contribution is 0.470. The second-order valence-electron chi connectivity index (χ2n) is 9.05. The molecular formula is C28H20BrCl2FN4O. The standard InChI is InChI=1S/C28H20BrCl2FN4O/c1-2-21-24(26-33-34-27(37-26)28(13-14-28)17-5-10-20(32)11-6-17)35-36(23-12-9-19(30)15-22(23)31)25(21)16-3-7-18(29)8-4-16/h3-12,15H,2,13-14H2,1H3. The Kier molecular flexibility index (Phi) is 6.18. The Bertz CT molecular complexity index is 1610. The van der Waals surface area contributed by atoms with Crippen LogP contribution < -0.4 is 0 Å². The summed E-state index contributed by atoms with van der Waals surface area (Å²) in [5.41, 5.74) is 4.67. The SMILES string of the molecule is CCc1c(-c2nnc(C3(c4ccc(F)cc4)CC3)o2)nn(-c2ccc(Cl)cc2Cl)c1-c1ccc(Br)cc1. The number of halogens is 4. The highest BCUT2D eigenvalue weighted by Gasteiger charge is 2.51. The second-order valence-corrected chi connectivity index (χ2v) is 10.8. The lowest BCUT2D eigenvalue weighted by Gasteiger charge is -2.11. The number of hydrogen-bond donors (Lipinski definition) is 0. The first-order chi connectivity index (χ1) is 17.9. The highest BCUT2D eigenvalue weighted by atomic mass is 79.9. The summed E-state index contributed by atoms with van der Waals surface area (Å²) in [4.78, 5) is 0. The van der Waals surface area contributed by atoms with Crippen LogP contribution in [0.1, 0.15) is 36.8 Å². The molecule has 0 bridgehead atoms. The van der Waals surface area contributed by atoms with Crippen LogP contribution in [0, 0.1) is 5.82 Å². The smallest absolute Gasteiger partial charge is 0.268 e. The summed E-state index contributed by atoms with van der Waals surface area (Å²) < 4.78 is 22.6. The van der Waals surface area contributed by atoms with Crippen LogP contribution in [0.25, 0.3) is 28.5 Å². The van der Waals surface area contributed by atoms with Gasteiger partial charge in [-0.3, -0.25) is 0 Å². The summed E-state index contributed by atoms with van der Waals surface area (Å²) in [7, 11) is 0. The minimum atomic E-state index is -0.387. The van der Waals surface area contributed by atoms with Gasteiger partial charge in [-0.1, -0.05) is 70.3 Å². The van der Waals surface area contributed by atoms with Crippen LogP contribution >= 0.6 is 39.1 Å². The molecule has 1 aliphatic rings. The highest BCUT2D eigenvalue weighted by molar-refractivity contribution is 9.10. The fraction of sp³-hybridized carbons (Fsp3) is 0.179. The molecule has 5 aromatic rings. The van der Waals surface area contributed by atoms with Crippen molar-refractivity contribution in [3.05, 3.63) is 104 Å². The van der Waals surface area contributed by atoms with Crippen LogP contribution in [0.15, 0.2) is 75.6 Å². The van der Waals surface area contributed by atoms with Gasteiger partial charge in [-0.15, -0.1) is 10.2 Å². The van der Waals surface area contributed by atoms with Crippen molar-refractivity contribution in [2.24, 2.45) is 0 Å². The molecule has 1 fully saturated rings. The third-order valence-electron chi connectivity index (χ3n) is 6.78. The van der Waals surface area contributed by atoms with Crippen molar-refractivity contribution >= 4 is 39.1 Å². The lowest BCUT2D eigenvalue weighted by atomic mass is 9.96. The molecule has 1 saturated carbocycles. The molecule has 6 rings (SSSR count). The third-order valence-corrected chi connectivity index (χ3v) is 7.84. The van der Waals surface area contributed by atoms with Crippen LogP contribution in [0.5, 0.6) is 0 Å². The number of nitrogens with zero attached hydrogens (tertiary/aromatic N) is 4. The molecule has 0 spiro atoms. The van der Waals surface area contributed by atoms with Gasteiger partial charge < -0.3 is 4.42 Å². The third kappa shape index (κ3) is 4.29. The van der Waals surface area contributed by atoms with Gasteiger partial charge in [-0.05, 0) is 67.3 Å². The maximum Gasteiger partial charge on any atom is 0.268 e. The van der Waals surface area contributed by atoms with Gasteiger partial charge in [-0.25, -0.2) is 9.07 Å². The molecule has 9 heteroatoms. The first-order valence-electron chi connectivity index (χ1n) is 11.8. The molecule has 0 N–H and O–H groups in total. The zero-order valence-corrected chi connectivity index (χ0v) is 22.8. The van der Waals surface area contributed by atoms with E-state index in [9.17, 15) is 4.39 Å². The van der Waals surface area contributed by atoms with Crippen LogP contribution in [0.2, 0.25) is 10.0 Å². The molecule has 186 valence electrons. The molecule has 0 amide bonds. The van der Waals surface area contributed by atoms with E-state index in [0.717, 1.165) is 39.7 Å². The van der Waals surface area contributed by atoms with Crippen LogP contribution in [0.4, 0.5) is 4.39 Å². The fourth-order valence-electron chi connectivity index (χ4n) is 4.72. The van der Waals surface area contributed by atoms with Gasteiger partial charge in [0, 0.05) is 20.6 Å². The first kappa shape index (κ1) is 24.3. The fourth-order valence-corrected chi connectivity index (χ4v) is 5.47. The Morgan fingerprint density at radius 1 is 1.00 bits per heavy atom. The Labute approximate surface area is 231 Å². The zero-order chi connectivity index (χ0) is 25.7. The lowest BCUT2D eigenvalue weighted by Crippen LogP contribution is -2.09. The van der Waals surface area contributed by atoms with Crippen LogP contribution in [-0.2, 0) is 11.8 Å². The summed E-state index contributed by atoms with van der Waals surface area (Å²) in [5.74, 6) is 0.577. The van der Waals surface area contributed by atoms with Crippen molar-refractivity contribution in [1.29, 1.82) is 0 Å². The van der Waals surface area contributed by atoms with Gasteiger partial charge in [0.05, 0.1) is 21.8 Å². The predicted molar refractivity (Wildman–Crippen MR) is 146 cm³/mol. The topological polar surface area (TPSA) is 56.7 Å². The van der Waals surface area contributed by atoms with Crippen LogP contribution in [-0.4, -0.2) is 20.0 Å². The van der Waals surface area contributed by atoms with E-state index >= 15 is 0 Å². The number of hydrogen-bond acceptors (Lipinski definition) is 4. The van der Waals surface area contributed by atoms with Gasteiger partial charge in [-0.2, -0.15) is 5.10 Å². The summed E-state index contributed by atoms with van der Waals surface area (Å²) in [5, 5.41) is 14.8. The molecule has 2 aromatic heterocycles. The number of rotatable bonds is 6. The van der Waals surface area contributed by atoms with Crippen molar-refractivity contribution in [3.8, 4) is 28.5 Å². The predicted octanol–water partition coefficient (Wildman–Crippen LogP) is 8.44. The van der Waals surface area contributed by atoms with Crippen molar-refractivity contribution in [1.82, 2.24) is 20.0 Å². The second kappa shape index (κ2) is 9.39. The van der Waals surface area contributed by atoms with Gasteiger partial charge in [0.1, 0.15) is 5.82 Å². The van der Waals surface area contributed by atoms with E-state index in [-0.39, 0.29) is 11.2 Å². The molecule has 0 aliphatic heterocycles. The minimum Gasteiger partial charge on any atom is -0.418 e. The summed E-state index contributed by atoms with van der Waals surface area (Å²) in [6.45, 7) is 2.06. The molecule has 0 saturated heterocycles. The zero-order valence-electron chi connectivity index (χ0n) is 19.7. The Morgan fingerprint density at radius 3 is 2.38 bits per heavy atom. The molecule has 0 atom stereocenters. The van der Waals surface area contributed by atoms with E-state index < -0.39 is 0 Å². The Balaban J connectivity index is 1.51. The normalized spacial score (nSPS) is 14.2. The van der Waals surface area contributed by atoms with Crippen molar-refractivity contribution in [2.45, 2.75) is 31.6 Å². The molecule has 3 aromatic carbocycles. The summed E-state index contributed by atoms with van der Waals surface area (Å²) in [6, 6.07) is 19.8. The Hall–Kier alpha value is -3.00. The molecule has 1 aliphatic carbocycles. The van der Waals surface area contributed by atoms with Gasteiger partial charge >= 0.3 is 0 Å². The van der Waals surface area contributed by atoms with E-state index in [2.05, 4.69) is 33.1 Å². The average Bonchev–Trinajstić information content (AvgIpc) is 3.38. The van der Waals surface area contributed by atoms with E-state index in [1.165, 1.54) is 12.1 Å². The van der Waals surface area contributed by atoms with Crippen LogP contribution in [0.3, 0.4) is 0 Å². The van der Waals surface area contributed by atoms with Gasteiger partial charge in [0.25, 0.3) is 5.89 Å². The molecular weight excluding hydrogens is 578 g/mol. The molecule has 5 nitrogen and oxygen atoms in total. The first-order valence-corrected chi connectivity index (χ1v) is 13.4. The minimum absolute atomic E-state index is 0.273. The van der Waals surface area contributed by atoms with Gasteiger partial charge in [0.2, 0.25) is 5.89 Å². The Morgan fingerprint density at radius 2 is 1.73 bits per heavy atom. The summed E-state index contributed by atoms with van der Waals surface area (Å²) >= 11 is 16.3. The number of aromatic nitrogens is 4. The van der Waals surface area contributed by atoms with Crippen molar-refractivity contribution in [2.75, 3.05) is 0 Å². The quantitative estimate of drug-likeness (QED) is 0.197. The monoisotopic (exact) mass is 596 g/mol. The highest BCUT2D eigenvalue weighted by Crippen LogP contribution is 2.53. The van der Waals surface area contributed by atoms with Crippen molar-refractivity contribution < 1.29 is 8.81 Å². The van der Waals surface area contributed by atoms with E-state index in [0.29, 0.717) is 39.6 Å². The van der Waals surface area contributed by atoms with E-state index in [1.807, 2.05) is 35.0 Å². The molecule has 2 heterocycles. The molecule has 0 unspecified atom stereocenters. The average molecular weight is 598 g/mol. The largest absolute Gasteiger partial charge is 0.418 e. The number of benzene rings is 3.